The Bertz CT molecular complexity index is 359. The molecule has 0 saturated carbocycles. The Hall–Kier alpha value is -1.09. The molecule has 2 nitrogen and oxygen atoms in total. The van der Waals surface area contributed by atoms with Crippen LogP contribution in [0.1, 0.15) is 23.5 Å². The highest BCUT2D eigenvalue weighted by Crippen LogP contribution is 2.29. The van der Waals surface area contributed by atoms with Crippen LogP contribution < -0.4 is 10.1 Å². The van der Waals surface area contributed by atoms with Crippen molar-refractivity contribution in [3.63, 3.8) is 0 Å². The summed E-state index contributed by atoms with van der Waals surface area (Å²) in [5.41, 5.74) is 1.84. The van der Waals surface area contributed by atoms with Crippen LogP contribution in [0.5, 0.6) is 5.75 Å². The molecule has 1 aliphatic rings. The van der Waals surface area contributed by atoms with E-state index in [4.69, 9.17) is 4.74 Å². The lowest BCUT2D eigenvalue weighted by atomic mass is 9.96. The molecule has 1 aromatic rings. The van der Waals surface area contributed by atoms with Crippen molar-refractivity contribution in [2.75, 3.05) is 20.2 Å². The summed E-state index contributed by atoms with van der Waals surface area (Å²) in [6.07, 6.45) is 1.12. The van der Waals surface area contributed by atoms with Gasteiger partial charge in [-0.2, -0.15) is 0 Å². The molecule has 1 atom stereocenters. The van der Waals surface area contributed by atoms with Gasteiger partial charge in [-0.3, -0.25) is 0 Å². The molecule has 0 spiro atoms. The predicted octanol–water partition coefficient (Wildman–Crippen LogP) is 2.22. The quantitative estimate of drug-likeness (QED) is 0.806. The molecule has 2 rings (SSSR count). The van der Waals surface area contributed by atoms with Crippen molar-refractivity contribution in [3.8, 4) is 5.75 Å². The second kappa shape index (κ2) is 4.19. The van der Waals surface area contributed by atoms with Gasteiger partial charge in [-0.05, 0) is 43.0 Å². The van der Waals surface area contributed by atoms with E-state index in [0.29, 0.717) is 17.2 Å². The summed E-state index contributed by atoms with van der Waals surface area (Å²) in [6, 6.07) is 3.75. The lowest BCUT2D eigenvalue weighted by molar-refractivity contribution is 0.384. The van der Waals surface area contributed by atoms with Gasteiger partial charge in [0.2, 0.25) is 0 Å². The first kappa shape index (κ1) is 10.4. The maximum atomic E-state index is 13.5. The molecule has 0 bridgehead atoms. The van der Waals surface area contributed by atoms with Gasteiger partial charge in [0.25, 0.3) is 0 Å². The monoisotopic (exact) mass is 209 g/mol. The second-order valence-electron chi connectivity index (χ2n) is 4.04. The maximum Gasteiger partial charge on any atom is 0.167 e. The molecule has 1 saturated heterocycles. The summed E-state index contributed by atoms with van der Waals surface area (Å²) in [6.45, 7) is 3.81. The Morgan fingerprint density at radius 1 is 1.47 bits per heavy atom. The highest BCUT2D eigenvalue weighted by molar-refractivity contribution is 5.38. The predicted molar refractivity (Wildman–Crippen MR) is 57.9 cm³/mol. The second-order valence-corrected chi connectivity index (χ2v) is 4.04. The van der Waals surface area contributed by atoms with Gasteiger partial charge in [-0.1, -0.05) is 6.07 Å². The standard InChI is InChI=1S/C12H16FNO/c1-8-5-10(9-3-4-14-7-9)6-11(15-2)12(8)13/h5-6,9,14H,3-4,7H2,1-2H3. The van der Waals surface area contributed by atoms with E-state index >= 15 is 0 Å². The van der Waals surface area contributed by atoms with E-state index in [0.717, 1.165) is 19.5 Å². The van der Waals surface area contributed by atoms with Crippen LogP contribution in [0.3, 0.4) is 0 Å². The fourth-order valence-electron chi connectivity index (χ4n) is 2.09. The molecule has 0 aromatic heterocycles. The fourth-order valence-corrected chi connectivity index (χ4v) is 2.09. The SMILES string of the molecule is COc1cc(C2CCNC2)cc(C)c1F. The van der Waals surface area contributed by atoms with Crippen molar-refractivity contribution in [2.45, 2.75) is 19.3 Å². The normalized spacial score (nSPS) is 20.6. The first-order chi connectivity index (χ1) is 7.22. The van der Waals surface area contributed by atoms with Crippen molar-refractivity contribution in [1.82, 2.24) is 5.32 Å². The zero-order valence-electron chi connectivity index (χ0n) is 9.14. The molecular weight excluding hydrogens is 193 g/mol. The molecule has 0 aliphatic carbocycles. The van der Waals surface area contributed by atoms with E-state index < -0.39 is 0 Å². The highest BCUT2D eigenvalue weighted by Gasteiger charge is 2.19. The van der Waals surface area contributed by atoms with E-state index in [1.54, 1.807) is 6.92 Å². The van der Waals surface area contributed by atoms with E-state index in [9.17, 15) is 4.39 Å². The molecule has 82 valence electrons. The molecule has 1 aromatic carbocycles. The molecular formula is C12H16FNO. The van der Waals surface area contributed by atoms with Crippen LogP contribution >= 0.6 is 0 Å². The Morgan fingerprint density at radius 3 is 2.87 bits per heavy atom. The van der Waals surface area contributed by atoms with E-state index in [1.165, 1.54) is 12.7 Å². The van der Waals surface area contributed by atoms with Gasteiger partial charge in [-0.15, -0.1) is 0 Å². The third kappa shape index (κ3) is 1.97. The smallest absolute Gasteiger partial charge is 0.167 e. The van der Waals surface area contributed by atoms with Gasteiger partial charge >= 0.3 is 0 Å². The number of aryl methyl sites for hydroxylation is 1. The molecule has 1 fully saturated rings. The number of benzene rings is 1. The number of hydrogen-bond donors (Lipinski definition) is 1. The van der Waals surface area contributed by atoms with Crippen LogP contribution in [-0.2, 0) is 0 Å². The van der Waals surface area contributed by atoms with Gasteiger partial charge in [0.05, 0.1) is 7.11 Å². The zero-order chi connectivity index (χ0) is 10.8. The lowest BCUT2D eigenvalue weighted by Crippen LogP contribution is -2.08. The first-order valence-corrected chi connectivity index (χ1v) is 5.27. The summed E-state index contributed by atoms with van der Waals surface area (Å²) >= 11 is 0. The fraction of sp³-hybridized carbons (Fsp3) is 0.500. The Kier molecular flexibility index (Phi) is 2.91. The van der Waals surface area contributed by atoms with Crippen molar-refractivity contribution in [1.29, 1.82) is 0 Å². The highest BCUT2D eigenvalue weighted by atomic mass is 19.1. The largest absolute Gasteiger partial charge is 0.494 e. The minimum Gasteiger partial charge on any atom is -0.494 e. The van der Waals surface area contributed by atoms with Crippen LogP contribution in [0.15, 0.2) is 12.1 Å². The van der Waals surface area contributed by atoms with E-state index in [1.807, 2.05) is 12.1 Å². The van der Waals surface area contributed by atoms with Gasteiger partial charge in [0.15, 0.2) is 11.6 Å². The van der Waals surface area contributed by atoms with Gasteiger partial charge in [-0.25, -0.2) is 4.39 Å². The number of halogens is 1. The van der Waals surface area contributed by atoms with Crippen LogP contribution in [0.4, 0.5) is 4.39 Å². The minimum atomic E-state index is -0.243. The van der Waals surface area contributed by atoms with Crippen molar-refractivity contribution < 1.29 is 9.13 Å². The van der Waals surface area contributed by atoms with E-state index in [-0.39, 0.29) is 5.82 Å². The van der Waals surface area contributed by atoms with Crippen molar-refractivity contribution in [2.24, 2.45) is 0 Å². The van der Waals surface area contributed by atoms with Gasteiger partial charge in [0, 0.05) is 6.54 Å². The number of methoxy groups -OCH3 is 1. The zero-order valence-corrected chi connectivity index (χ0v) is 9.14. The third-order valence-electron chi connectivity index (χ3n) is 3.00. The number of ether oxygens (including phenoxy) is 1. The lowest BCUT2D eigenvalue weighted by Gasteiger charge is -2.13. The molecule has 15 heavy (non-hydrogen) atoms. The number of rotatable bonds is 2. The van der Waals surface area contributed by atoms with Crippen LogP contribution in [0.25, 0.3) is 0 Å². The number of hydrogen-bond acceptors (Lipinski definition) is 2. The average molecular weight is 209 g/mol. The topological polar surface area (TPSA) is 21.3 Å². The van der Waals surface area contributed by atoms with Crippen LogP contribution in [0, 0.1) is 12.7 Å². The molecule has 1 unspecified atom stereocenters. The van der Waals surface area contributed by atoms with Crippen LogP contribution in [0.2, 0.25) is 0 Å². The molecule has 3 heteroatoms. The summed E-state index contributed by atoms with van der Waals surface area (Å²) in [7, 11) is 1.51. The average Bonchev–Trinajstić information content (AvgIpc) is 2.75. The number of nitrogens with one attached hydrogen (secondary N) is 1. The van der Waals surface area contributed by atoms with Crippen molar-refractivity contribution in [3.05, 3.63) is 29.1 Å². The minimum absolute atomic E-state index is 0.243. The molecule has 0 amide bonds. The first-order valence-electron chi connectivity index (χ1n) is 5.27. The van der Waals surface area contributed by atoms with Gasteiger partial charge < -0.3 is 10.1 Å². The van der Waals surface area contributed by atoms with Crippen LogP contribution in [-0.4, -0.2) is 20.2 Å². The third-order valence-corrected chi connectivity index (χ3v) is 3.00. The van der Waals surface area contributed by atoms with Crippen molar-refractivity contribution >= 4 is 0 Å². The Balaban J connectivity index is 2.35. The molecule has 1 heterocycles. The molecule has 0 radical (unpaired) electrons. The summed E-state index contributed by atoms with van der Waals surface area (Å²) < 4.78 is 18.6. The molecule has 1 N–H and O–H groups in total. The summed E-state index contributed by atoms with van der Waals surface area (Å²) in [5, 5.41) is 3.31. The Labute approximate surface area is 89.4 Å². The molecule has 1 aliphatic heterocycles. The van der Waals surface area contributed by atoms with E-state index in [2.05, 4.69) is 5.32 Å². The Morgan fingerprint density at radius 2 is 2.27 bits per heavy atom. The summed E-state index contributed by atoms with van der Waals surface area (Å²) in [5.74, 6) is 0.613. The maximum absolute atomic E-state index is 13.5. The summed E-state index contributed by atoms with van der Waals surface area (Å²) in [4.78, 5) is 0. The van der Waals surface area contributed by atoms with Gasteiger partial charge in [0.1, 0.15) is 0 Å².